The van der Waals surface area contributed by atoms with E-state index in [9.17, 15) is 0 Å². The Bertz CT molecular complexity index is 954. The second-order valence-electron chi connectivity index (χ2n) is 9.75. The summed E-state index contributed by atoms with van der Waals surface area (Å²) in [5.41, 5.74) is 17.7. The number of aromatic nitrogens is 2. The molecule has 1 aromatic heterocycles. The number of hydrogen-bond acceptors (Lipinski definition) is 7. The number of anilines is 2. The van der Waals surface area contributed by atoms with Gasteiger partial charge >= 0.3 is 0 Å². The van der Waals surface area contributed by atoms with Crippen molar-refractivity contribution in [2.24, 2.45) is 5.73 Å². The third kappa shape index (κ3) is 4.41. The highest BCUT2D eigenvalue weighted by molar-refractivity contribution is 5.83. The highest BCUT2D eigenvalue weighted by Gasteiger charge is 2.37. The molecule has 174 valence electrons. The van der Waals surface area contributed by atoms with Gasteiger partial charge in [-0.05, 0) is 62.1 Å². The van der Waals surface area contributed by atoms with Gasteiger partial charge in [0.2, 0.25) is 0 Å². The van der Waals surface area contributed by atoms with Gasteiger partial charge in [-0.25, -0.2) is 9.97 Å². The zero-order valence-electron chi connectivity index (χ0n) is 19.9. The fourth-order valence-corrected chi connectivity index (χ4v) is 5.17. The van der Waals surface area contributed by atoms with Crippen LogP contribution < -0.4 is 21.1 Å². The average Bonchev–Trinajstić information content (AvgIpc) is 2.74. The van der Waals surface area contributed by atoms with Gasteiger partial charge in [-0.1, -0.05) is 13.8 Å². The molecule has 0 aliphatic heterocycles. The van der Waals surface area contributed by atoms with Crippen molar-refractivity contribution in [1.82, 2.24) is 9.97 Å². The zero-order valence-corrected chi connectivity index (χ0v) is 19.9. The van der Waals surface area contributed by atoms with Gasteiger partial charge in [0.15, 0.2) is 0 Å². The summed E-state index contributed by atoms with van der Waals surface area (Å²) in [5.74, 6) is 1.50. The number of benzene rings is 1. The van der Waals surface area contributed by atoms with E-state index in [2.05, 4.69) is 47.9 Å². The molecule has 1 heterocycles. The lowest BCUT2D eigenvalue weighted by molar-refractivity contribution is 0.146. The molecule has 0 bridgehead atoms. The molecule has 0 spiro atoms. The molecular weight excluding hydrogens is 402 g/mol. The largest absolute Gasteiger partial charge is 0.488 e. The van der Waals surface area contributed by atoms with Crippen molar-refractivity contribution in [3.63, 3.8) is 0 Å². The van der Waals surface area contributed by atoms with Gasteiger partial charge in [0, 0.05) is 37.4 Å². The maximum atomic E-state index is 6.61. The van der Waals surface area contributed by atoms with E-state index in [-0.39, 0.29) is 11.5 Å². The lowest BCUT2D eigenvalue weighted by Gasteiger charge is -2.37. The third-order valence-electron chi connectivity index (χ3n) is 6.84. The Morgan fingerprint density at radius 2 is 1.91 bits per heavy atom. The monoisotopic (exact) mass is 439 g/mol. The van der Waals surface area contributed by atoms with Crippen LogP contribution in [0.3, 0.4) is 0 Å². The van der Waals surface area contributed by atoms with Crippen LogP contribution in [0.5, 0.6) is 5.75 Å². The molecule has 4 N–H and O–H groups in total. The van der Waals surface area contributed by atoms with Crippen LogP contribution in [0.25, 0.3) is 11.3 Å². The molecule has 32 heavy (non-hydrogen) atoms. The molecule has 0 unspecified atom stereocenters. The molecule has 2 aliphatic carbocycles. The molecule has 0 radical (unpaired) electrons. The molecule has 0 saturated heterocycles. The minimum absolute atomic E-state index is 0.181. The van der Waals surface area contributed by atoms with Crippen LogP contribution in [0, 0.1) is 0 Å². The van der Waals surface area contributed by atoms with Crippen LogP contribution in [-0.2, 0) is 16.6 Å². The summed E-state index contributed by atoms with van der Waals surface area (Å²) in [6.45, 7) is 8.63. The molecule has 7 nitrogen and oxygen atoms in total. The van der Waals surface area contributed by atoms with E-state index in [1.54, 1.807) is 6.33 Å². The lowest BCUT2D eigenvalue weighted by Crippen LogP contribution is -2.33. The minimum atomic E-state index is -0.181. The van der Waals surface area contributed by atoms with Gasteiger partial charge in [0.25, 0.3) is 0 Å². The van der Waals surface area contributed by atoms with Crippen molar-refractivity contribution in [3.05, 3.63) is 29.6 Å². The van der Waals surface area contributed by atoms with Gasteiger partial charge in [-0.2, -0.15) is 0 Å². The topological polar surface area (TPSA) is 99.5 Å². The van der Waals surface area contributed by atoms with Crippen LogP contribution in [0.4, 0.5) is 11.5 Å². The second-order valence-corrected chi connectivity index (χ2v) is 9.75. The number of nitrogen functional groups attached to an aromatic ring is 1. The number of nitrogens with two attached hydrogens (primary N) is 2. The van der Waals surface area contributed by atoms with Crippen LogP contribution in [0.15, 0.2) is 18.5 Å². The Morgan fingerprint density at radius 3 is 2.62 bits per heavy atom. The van der Waals surface area contributed by atoms with Gasteiger partial charge in [-0.15, -0.1) is 0 Å². The quantitative estimate of drug-likeness (QED) is 0.635. The molecule has 4 rings (SSSR count). The zero-order chi connectivity index (χ0) is 22.9. The standard InChI is InChI=1S/C25H37N5O2/c1-5-31-13-12-30(4)23-19-14-25(2,3)21-22(28-15-29-24(21)27)18(19)10-11-20(23)32-17-8-6-16(26)7-9-17/h10-11,15-17H,5-9,12-14,26H2,1-4H3,(H2,27,28,29)/t16-,17-. The highest BCUT2D eigenvalue weighted by atomic mass is 16.5. The van der Waals surface area contributed by atoms with E-state index in [0.717, 1.165) is 66.9 Å². The predicted octanol–water partition coefficient (Wildman–Crippen LogP) is 3.68. The fraction of sp³-hybridized carbons (Fsp3) is 0.600. The first-order valence-corrected chi connectivity index (χ1v) is 11.8. The van der Waals surface area contributed by atoms with Crippen molar-refractivity contribution in [2.75, 3.05) is 37.4 Å². The van der Waals surface area contributed by atoms with Crippen molar-refractivity contribution >= 4 is 11.5 Å². The third-order valence-corrected chi connectivity index (χ3v) is 6.84. The molecule has 0 amide bonds. The maximum absolute atomic E-state index is 6.61. The molecule has 0 atom stereocenters. The summed E-state index contributed by atoms with van der Waals surface area (Å²) >= 11 is 0. The van der Waals surface area contributed by atoms with E-state index in [1.165, 1.54) is 5.56 Å². The Balaban J connectivity index is 1.78. The van der Waals surface area contributed by atoms with Crippen LogP contribution in [0.1, 0.15) is 57.6 Å². The van der Waals surface area contributed by atoms with Crippen molar-refractivity contribution in [3.8, 4) is 17.0 Å². The van der Waals surface area contributed by atoms with Gasteiger partial charge in [0.1, 0.15) is 17.9 Å². The second kappa shape index (κ2) is 9.24. The van der Waals surface area contributed by atoms with E-state index in [4.69, 9.17) is 20.9 Å². The first-order chi connectivity index (χ1) is 15.3. The average molecular weight is 440 g/mol. The number of fused-ring (bicyclic) bond motifs is 3. The summed E-state index contributed by atoms with van der Waals surface area (Å²) in [7, 11) is 2.12. The minimum Gasteiger partial charge on any atom is -0.488 e. The SMILES string of the molecule is CCOCCN(C)c1c(O[C@H]2CC[C@H](N)CC2)ccc2c1CC(C)(C)c1c(N)ncnc1-2. The molecule has 2 aliphatic rings. The smallest absolute Gasteiger partial charge is 0.143 e. The Labute approximate surface area is 191 Å². The fourth-order valence-electron chi connectivity index (χ4n) is 5.17. The molecule has 1 fully saturated rings. The highest BCUT2D eigenvalue weighted by Crippen LogP contribution is 2.49. The van der Waals surface area contributed by atoms with Crippen molar-refractivity contribution in [2.45, 2.75) is 70.4 Å². The summed E-state index contributed by atoms with van der Waals surface area (Å²) < 4.78 is 12.3. The first kappa shape index (κ1) is 22.8. The molecule has 2 aromatic rings. The molecule has 1 aromatic carbocycles. The normalized spacial score (nSPS) is 21.5. The molecule has 7 heteroatoms. The summed E-state index contributed by atoms with van der Waals surface area (Å²) in [6.07, 6.45) is 6.63. The number of nitrogens with zero attached hydrogens (tertiary/aromatic N) is 3. The Morgan fingerprint density at radius 1 is 1.16 bits per heavy atom. The summed E-state index contributed by atoms with van der Waals surface area (Å²) in [5, 5.41) is 0. The molecule has 1 saturated carbocycles. The Hall–Kier alpha value is -2.38. The maximum Gasteiger partial charge on any atom is 0.143 e. The molecular formula is C25H37N5O2. The van der Waals surface area contributed by atoms with Crippen LogP contribution in [0.2, 0.25) is 0 Å². The predicted molar refractivity (Wildman–Crippen MR) is 129 cm³/mol. The number of rotatable bonds is 7. The van der Waals surface area contributed by atoms with E-state index >= 15 is 0 Å². The number of ether oxygens (including phenoxy) is 2. The van der Waals surface area contributed by atoms with Crippen molar-refractivity contribution in [1.29, 1.82) is 0 Å². The summed E-state index contributed by atoms with van der Waals surface area (Å²) in [6, 6.07) is 4.54. The van der Waals surface area contributed by atoms with E-state index in [1.807, 2.05) is 6.92 Å². The van der Waals surface area contributed by atoms with Gasteiger partial charge in [0.05, 0.1) is 24.1 Å². The van der Waals surface area contributed by atoms with Crippen molar-refractivity contribution < 1.29 is 9.47 Å². The number of likely N-dealkylation sites (N-methyl/N-ethyl adjacent to an activating group) is 1. The van der Waals surface area contributed by atoms with Crippen LogP contribution >= 0.6 is 0 Å². The van der Waals surface area contributed by atoms with E-state index in [0.29, 0.717) is 25.1 Å². The van der Waals surface area contributed by atoms with Crippen LogP contribution in [-0.4, -0.2) is 48.9 Å². The van der Waals surface area contributed by atoms with Gasteiger partial charge in [-0.3, -0.25) is 0 Å². The Kier molecular flexibility index (Phi) is 6.58. The first-order valence-electron chi connectivity index (χ1n) is 11.8. The lowest BCUT2D eigenvalue weighted by atomic mass is 9.71. The van der Waals surface area contributed by atoms with Gasteiger partial charge < -0.3 is 25.8 Å². The summed E-state index contributed by atoms with van der Waals surface area (Å²) in [4.78, 5) is 11.2. The number of hydrogen-bond donors (Lipinski definition) is 2. The van der Waals surface area contributed by atoms with E-state index < -0.39 is 0 Å².